The Labute approximate surface area is 106 Å². The molecule has 1 rings (SSSR count). The van der Waals surface area contributed by atoms with Gasteiger partial charge in [0.05, 0.1) is 0 Å². The Bertz CT molecular complexity index is 265. The minimum absolute atomic E-state index is 0.502. The highest BCUT2D eigenvalue weighted by Crippen LogP contribution is 2.20. The lowest BCUT2D eigenvalue weighted by Gasteiger charge is -2.18. The SMILES string of the molecule is C=C(CCC(CC)/C(C)=N/N)NC1CCCC1. The molecule has 0 saturated heterocycles. The van der Waals surface area contributed by atoms with Gasteiger partial charge >= 0.3 is 0 Å². The average Bonchev–Trinajstić information content (AvgIpc) is 2.82. The molecule has 0 amide bonds. The third-order valence-corrected chi connectivity index (χ3v) is 3.85. The second kappa shape index (κ2) is 7.36. The number of nitrogens with one attached hydrogen (secondary N) is 1. The lowest BCUT2D eigenvalue weighted by atomic mass is 9.95. The molecule has 0 aromatic rings. The predicted molar refractivity (Wildman–Crippen MR) is 74.8 cm³/mol. The van der Waals surface area contributed by atoms with Crippen molar-refractivity contribution in [3.8, 4) is 0 Å². The van der Waals surface area contributed by atoms with E-state index in [-0.39, 0.29) is 0 Å². The molecule has 1 aliphatic carbocycles. The van der Waals surface area contributed by atoms with Crippen LogP contribution in [0.15, 0.2) is 17.4 Å². The summed E-state index contributed by atoms with van der Waals surface area (Å²) in [6.07, 6.45) is 8.56. The van der Waals surface area contributed by atoms with Crippen molar-refractivity contribution in [2.75, 3.05) is 0 Å². The highest BCUT2D eigenvalue weighted by molar-refractivity contribution is 5.83. The molecule has 3 heteroatoms. The quantitative estimate of drug-likeness (QED) is 0.406. The van der Waals surface area contributed by atoms with E-state index >= 15 is 0 Å². The molecule has 0 aromatic carbocycles. The average molecular weight is 237 g/mol. The van der Waals surface area contributed by atoms with Gasteiger partial charge in [0, 0.05) is 17.5 Å². The van der Waals surface area contributed by atoms with E-state index in [0.29, 0.717) is 12.0 Å². The number of hydrogen-bond donors (Lipinski definition) is 2. The van der Waals surface area contributed by atoms with Crippen molar-refractivity contribution >= 4 is 5.71 Å². The van der Waals surface area contributed by atoms with Crippen LogP contribution >= 0.6 is 0 Å². The number of nitrogens with two attached hydrogens (primary N) is 1. The first-order chi connectivity index (χ1) is 8.17. The van der Waals surface area contributed by atoms with Crippen molar-refractivity contribution in [3.05, 3.63) is 12.3 Å². The summed E-state index contributed by atoms with van der Waals surface area (Å²) in [4.78, 5) is 0. The van der Waals surface area contributed by atoms with E-state index in [1.165, 1.54) is 31.4 Å². The number of rotatable bonds is 7. The maximum atomic E-state index is 5.34. The van der Waals surface area contributed by atoms with Crippen molar-refractivity contribution in [2.45, 2.75) is 64.8 Å². The van der Waals surface area contributed by atoms with Crippen molar-refractivity contribution in [3.63, 3.8) is 0 Å². The number of nitrogens with zero attached hydrogens (tertiary/aromatic N) is 1. The van der Waals surface area contributed by atoms with E-state index in [4.69, 9.17) is 5.84 Å². The highest BCUT2D eigenvalue weighted by atomic mass is 15.1. The monoisotopic (exact) mass is 237 g/mol. The summed E-state index contributed by atoms with van der Waals surface area (Å²) in [5.74, 6) is 5.84. The van der Waals surface area contributed by atoms with Crippen LogP contribution in [0, 0.1) is 5.92 Å². The Balaban J connectivity index is 2.26. The van der Waals surface area contributed by atoms with Gasteiger partial charge in [-0.1, -0.05) is 26.3 Å². The summed E-state index contributed by atoms with van der Waals surface area (Å²) in [5, 5.41) is 7.36. The number of allylic oxidation sites excluding steroid dienone is 1. The molecule has 1 saturated carbocycles. The van der Waals surface area contributed by atoms with Gasteiger partial charge in [0.25, 0.3) is 0 Å². The second-order valence-electron chi connectivity index (χ2n) is 5.14. The van der Waals surface area contributed by atoms with Crippen molar-refractivity contribution < 1.29 is 0 Å². The van der Waals surface area contributed by atoms with E-state index in [9.17, 15) is 0 Å². The van der Waals surface area contributed by atoms with Crippen molar-refractivity contribution in [2.24, 2.45) is 16.9 Å². The fourth-order valence-corrected chi connectivity index (χ4v) is 2.59. The molecular formula is C14H27N3. The van der Waals surface area contributed by atoms with Crippen LogP contribution in [-0.4, -0.2) is 11.8 Å². The van der Waals surface area contributed by atoms with E-state index in [1.807, 2.05) is 6.92 Å². The maximum Gasteiger partial charge on any atom is 0.0375 e. The van der Waals surface area contributed by atoms with Crippen LogP contribution in [0.25, 0.3) is 0 Å². The van der Waals surface area contributed by atoms with Gasteiger partial charge in [-0.3, -0.25) is 0 Å². The fourth-order valence-electron chi connectivity index (χ4n) is 2.59. The normalized spacial score (nSPS) is 19.3. The first-order valence-electron chi connectivity index (χ1n) is 6.86. The first-order valence-corrected chi connectivity index (χ1v) is 6.86. The van der Waals surface area contributed by atoms with E-state index < -0.39 is 0 Å². The summed E-state index contributed by atoms with van der Waals surface area (Å²) in [6.45, 7) is 8.33. The Morgan fingerprint density at radius 2 is 2.12 bits per heavy atom. The number of hydrogen-bond acceptors (Lipinski definition) is 3. The van der Waals surface area contributed by atoms with Crippen LogP contribution in [0.5, 0.6) is 0 Å². The smallest absolute Gasteiger partial charge is 0.0375 e. The van der Waals surface area contributed by atoms with Crippen LogP contribution in [0.4, 0.5) is 0 Å². The standard InChI is InChI=1S/C14H27N3/c1-4-13(12(3)17-15)10-9-11(2)16-14-7-5-6-8-14/h13-14,16H,2,4-10,15H2,1,3H3/b17-12+. The zero-order valence-electron chi connectivity index (χ0n) is 11.3. The Morgan fingerprint density at radius 1 is 1.47 bits per heavy atom. The first kappa shape index (κ1) is 14.1. The predicted octanol–water partition coefficient (Wildman–Crippen LogP) is 3.17. The minimum atomic E-state index is 0.502. The van der Waals surface area contributed by atoms with Gasteiger partial charge in [-0.15, -0.1) is 0 Å². The molecule has 0 bridgehead atoms. The third-order valence-electron chi connectivity index (χ3n) is 3.85. The molecule has 0 spiro atoms. The van der Waals surface area contributed by atoms with Gasteiger partial charge in [0.2, 0.25) is 0 Å². The van der Waals surface area contributed by atoms with Crippen molar-refractivity contribution in [1.29, 1.82) is 0 Å². The lowest BCUT2D eigenvalue weighted by Crippen LogP contribution is -2.25. The summed E-state index contributed by atoms with van der Waals surface area (Å²) >= 11 is 0. The lowest BCUT2D eigenvalue weighted by molar-refractivity contribution is 0.536. The van der Waals surface area contributed by atoms with Crippen molar-refractivity contribution in [1.82, 2.24) is 5.32 Å². The van der Waals surface area contributed by atoms with E-state index in [2.05, 4.69) is 23.9 Å². The molecule has 1 unspecified atom stereocenters. The summed E-state index contributed by atoms with van der Waals surface area (Å²) < 4.78 is 0. The van der Waals surface area contributed by atoms with Crippen LogP contribution in [-0.2, 0) is 0 Å². The molecular weight excluding hydrogens is 210 g/mol. The third kappa shape index (κ3) is 4.80. The van der Waals surface area contributed by atoms with Gasteiger partial charge in [0.15, 0.2) is 0 Å². The Hall–Kier alpha value is -0.990. The summed E-state index contributed by atoms with van der Waals surface area (Å²) in [6, 6.07) is 0.673. The van der Waals surface area contributed by atoms with Crippen LogP contribution in [0.1, 0.15) is 58.8 Å². The largest absolute Gasteiger partial charge is 0.386 e. The highest BCUT2D eigenvalue weighted by Gasteiger charge is 2.16. The Kier molecular flexibility index (Phi) is 6.09. The van der Waals surface area contributed by atoms with Crippen LogP contribution in [0.2, 0.25) is 0 Å². The van der Waals surface area contributed by atoms with Gasteiger partial charge < -0.3 is 11.2 Å². The number of hydrazone groups is 1. The molecule has 98 valence electrons. The van der Waals surface area contributed by atoms with E-state index in [1.54, 1.807) is 0 Å². The Morgan fingerprint density at radius 3 is 2.65 bits per heavy atom. The molecule has 17 heavy (non-hydrogen) atoms. The van der Waals surface area contributed by atoms with Crippen LogP contribution in [0.3, 0.4) is 0 Å². The zero-order valence-corrected chi connectivity index (χ0v) is 11.3. The molecule has 1 fully saturated rings. The van der Waals surface area contributed by atoms with Gasteiger partial charge in [-0.2, -0.15) is 5.10 Å². The van der Waals surface area contributed by atoms with Crippen LogP contribution < -0.4 is 11.2 Å². The summed E-state index contributed by atoms with van der Waals surface area (Å²) in [7, 11) is 0. The second-order valence-corrected chi connectivity index (χ2v) is 5.14. The molecule has 0 radical (unpaired) electrons. The molecule has 3 nitrogen and oxygen atoms in total. The molecule has 3 N–H and O–H groups in total. The zero-order chi connectivity index (χ0) is 12.7. The molecule has 0 aromatic heterocycles. The summed E-state index contributed by atoms with van der Waals surface area (Å²) in [5.41, 5.74) is 2.24. The molecule has 1 aliphatic rings. The van der Waals surface area contributed by atoms with Gasteiger partial charge in [-0.05, 0) is 44.9 Å². The molecule has 0 heterocycles. The topological polar surface area (TPSA) is 50.4 Å². The van der Waals surface area contributed by atoms with E-state index in [0.717, 1.165) is 25.0 Å². The molecule has 1 atom stereocenters. The maximum absolute atomic E-state index is 5.34. The van der Waals surface area contributed by atoms with Gasteiger partial charge in [-0.25, -0.2) is 0 Å². The fraction of sp³-hybridized carbons (Fsp3) is 0.786. The van der Waals surface area contributed by atoms with Gasteiger partial charge in [0.1, 0.15) is 0 Å². The molecule has 0 aliphatic heterocycles. The minimum Gasteiger partial charge on any atom is -0.386 e.